The zero-order valence-electron chi connectivity index (χ0n) is 10.2. The number of carbonyl (C=O) groups is 1. The summed E-state index contributed by atoms with van der Waals surface area (Å²) in [6.07, 6.45) is 1.40. The molecule has 0 radical (unpaired) electrons. The molecule has 2 rings (SSSR count). The molecule has 0 bridgehead atoms. The van der Waals surface area contributed by atoms with Gasteiger partial charge in [0.1, 0.15) is 12.2 Å². The Labute approximate surface area is 112 Å². The molecule has 0 spiro atoms. The third-order valence-electron chi connectivity index (χ3n) is 2.48. The predicted molar refractivity (Wildman–Crippen MR) is 67.9 cm³/mol. The Hall–Kier alpha value is -2.29. The fraction of sp³-hybridized carbons (Fsp3) is 0.300. The lowest BCUT2D eigenvalue weighted by molar-refractivity contribution is -0.380. The Bertz CT molecular complexity index is 620. The van der Waals surface area contributed by atoms with Gasteiger partial charge in [-0.1, -0.05) is 11.3 Å². The van der Waals surface area contributed by atoms with Crippen molar-refractivity contribution in [3.8, 4) is 0 Å². The van der Waals surface area contributed by atoms with Crippen molar-refractivity contribution >= 4 is 22.2 Å². The van der Waals surface area contributed by atoms with Crippen LogP contribution in [0.25, 0.3) is 0 Å². The highest BCUT2D eigenvalue weighted by molar-refractivity contribution is 7.17. The zero-order chi connectivity index (χ0) is 14.0. The van der Waals surface area contributed by atoms with Crippen molar-refractivity contribution in [3.05, 3.63) is 39.3 Å². The Kier molecular flexibility index (Phi) is 3.56. The standard InChI is InChI=1S/C10H11N5O3S/c1-6(9-11-5-12-14(9)2)13-10(16)7-3-4-8(19-7)15(17)18/h3-6H,1-2H3,(H,13,16)/t6-/m1/s1. The Balaban J connectivity index is 2.08. The Morgan fingerprint density at radius 1 is 1.58 bits per heavy atom. The Morgan fingerprint density at radius 2 is 2.32 bits per heavy atom. The van der Waals surface area contributed by atoms with Crippen LogP contribution in [0.4, 0.5) is 5.00 Å². The first kappa shape index (κ1) is 13.1. The van der Waals surface area contributed by atoms with Gasteiger partial charge in [0, 0.05) is 13.1 Å². The van der Waals surface area contributed by atoms with Crippen LogP contribution >= 0.6 is 11.3 Å². The second-order valence-corrected chi connectivity index (χ2v) is 4.89. The monoisotopic (exact) mass is 281 g/mol. The minimum atomic E-state index is -0.520. The second kappa shape index (κ2) is 5.14. The summed E-state index contributed by atoms with van der Waals surface area (Å²) in [5.41, 5.74) is 0. The first-order valence-electron chi connectivity index (χ1n) is 5.38. The quantitative estimate of drug-likeness (QED) is 0.671. The van der Waals surface area contributed by atoms with Gasteiger partial charge < -0.3 is 5.32 Å². The van der Waals surface area contributed by atoms with Crippen LogP contribution in [0.3, 0.4) is 0 Å². The lowest BCUT2D eigenvalue weighted by Crippen LogP contribution is -2.27. The van der Waals surface area contributed by atoms with Gasteiger partial charge >= 0.3 is 5.00 Å². The van der Waals surface area contributed by atoms with E-state index in [1.807, 2.05) is 0 Å². The number of thiophene rings is 1. The van der Waals surface area contributed by atoms with Crippen molar-refractivity contribution in [2.75, 3.05) is 0 Å². The summed E-state index contributed by atoms with van der Waals surface area (Å²) < 4.78 is 1.56. The molecule has 0 saturated carbocycles. The number of rotatable bonds is 4. The van der Waals surface area contributed by atoms with Gasteiger partial charge in [0.2, 0.25) is 0 Å². The van der Waals surface area contributed by atoms with E-state index in [9.17, 15) is 14.9 Å². The van der Waals surface area contributed by atoms with E-state index >= 15 is 0 Å². The number of nitro groups is 1. The van der Waals surface area contributed by atoms with E-state index in [0.717, 1.165) is 11.3 Å². The molecule has 0 fully saturated rings. The van der Waals surface area contributed by atoms with Crippen molar-refractivity contribution in [1.29, 1.82) is 0 Å². The van der Waals surface area contributed by atoms with Crippen LogP contribution in [-0.2, 0) is 7.05 Å². The zero-order valence-corrected chi connectivity index (χ0v) is 11.0. The van der Waals surface area contributed by atoms with Gasteiger partial charge in [-0.2, -0.15) is 5.10 Å². The van der Waals surface area contributed by atoms with Crippen LogP contribution in [0, 0.1) is 10.1 Å². The van der Waals surface area contributed by atoms with E-state index in [1.165, 1.54) is 18.5 Å². The molecule has 0 aromatic carbocycles. The lowest BCUT2D eigenvalue weighted by atomic mass is 10.3. The summed E-state index contributed by atoms with van der Waals surface area (Å²) in [5.74, 6) is 0.244. The molecule has 0 aliphatic carbocycles. The molecule has 0 unspecified atom stereocenters. The topological polar surface area (TPSA) is 103 Å². The molecule has 2 aromatic heterocycles. The number of hydrogen-bond acceptors (Lipinski definition) is 6. The SMILES string of the molecule is C[C@@H](NC(=O)c1ccc([N+](=O)[O-])s1)c1ncnn1C. The highest BCUT2D eigenvalue weighted by atomic mass is 32.1. The van der Waals surface area contributed by atoms with Gasteiger partial charge in [-0.15, -0.1) is 0 Å². The molecule has 8 nitrogen and oxygen atoms in total. The maximum Gasteiger partial charge on any atom is 0.324 e. The molecule has 2 aromatic rings. The normalized spacial score (nSPS) is 12.1. The molecule has 1 atom stereocenters. The molecule has 0 saturated heterocycles. The number of aromatic nitrogens is 3. The lowest BCUT2D eigenvalue weighted by Gasteiger charge is -2.11. The number of amides is 1. The highest BCUT2D eigenvalue weighted by Crippen LogP contribution is 2.24. The van der Waals surface area contributed by atoms with E-state index in [1.54, 1.807) is 18.7 Å². The van der Waals surface area contributed by atoms with Crippen LogP contribution in [0.15, 0.2) is 18.5 Å². The van der Waals surface area contributed by atoms with Gasteiger partial charge in [0.05, 0.1) is 15.8 Å². The molecular weight excluding hydrogens is 270 g/mol. The average molecular weight is 281 g/mol. The summed E-state index contributed by atoms with van der Waals surface area (Å²) in [7, 11) is 1.72. The van der Waals surface area contributed by atoms with E-state index < -0.39 is 4.92 Å². The van der Waals surface area contributed by atoms with Crippen molar-refractivity contribution < 1.29 is 9.72 Å². The summed E-state index contributed by atoms with van der Waals surface area (Å²) in [5, 5.41) is 17.1. The number of aryl methyl sites for hydroxylation is 1. The van der Waals surface area contributed by atoms with Crippen molar-refractivity contribution in [3.63, 3.8) is 0 Å². The van der Waals surface area contributed by atoms with Crippen molar-refractivity contribution in [1.82, 2.24) is 20.1 Å². The van der Waals surface area contributed by atoms with E-state index in [2.05, 4.69) is 15.4 Å². The molecule has 2 heterocycles. The molecule has 1 N–H and O–H groups in total. The third kappa shape index (κ3) is 2.76. The largest absolute Gasteiger partial charge is 0.342 e. The summed E-state index contributed by atoms with van der Waals surface area (Å²) in [6, 6.07) is 2.41. The molecule has 19 heavy (non-hydrogen) atoms. The van der Waals surface area contributed by atoms with Crippen LogP contribution in [-0.4, -0.2) is 25.6 Å². The first-order chi connectivity index (χ1) is 8.99. The summed E-state index contributed by atoms with van der Waals surface area (Å²) in [4.78, 5) is 26.3. The third-order valence-corrected chi connectivity index (χ3v) is 3.51. The predicted octanol–water partition coefficient (Wildman–Crippen LogP) is 1.28. The van der Waals surface area contributed by atoms with Crippen LogP contribution in [0.1, 0.15) is 28.5 Å². The smallest absolute Gasteiger partial charge is 0.324 e. The summed E-state index contributed by atoms with van der Waals surface area (Å²) in [6.45, 7) is 1.77. The molecule has 100 valence electrons. The average Bonchev–Trinajstić information content (AvgIpc) is 2.96. The van der Waals surface area contributed by atoms with Crippen molar-refractivity contribution in [2.45, 2.75) is 13.0 Å². The van der Waals surface area contributed by atoms with Crippen molar-refractivity contribution in [2.24, 2.45) is 7.05 Å². The van der Waals surface area contributed by atoms with Crippen LogP contribution in [0.5, 0.6) is 0 Å². The second-order valence-electron chi connectivity index (χ2n) is 3.83. The Morgan fingerprint density at radius 3 is 2.84 bits per heavy atom. The maximum atomic E-state index is 11.9. The van der Waals surface area contributed by atoms with Gasteiger partial charge in [-0.05, 0) is 13.0 Å². The van der Waals surface area contributed by atoms with Crippen LogP contribution in [0.2, 0.25) is 0 Å². The van der Waals surface area contributed by atoms with Gasteiger partial charge in [0.15, 0.2) is 0 Å². The number of nitrogens with zero attached hydrogens (tertiary/aromatic N) is 4. The van der Waals surface area contributed by atoms with Gasteiger partial charge in [-0.3, -0.25) is 19.6 Å². The molecule has 0 aliphatic heterocycles. The summed E-state index contributed by atoms with van der Waals surface area (Å²) >= 11 is 0.839. The number of hydrogen-bond donors (Lipinski definition) is 1. The highest BCUT2D eigenvalue weighted by Gasteiger charge is 2.19. The molecule has 1 amide bonds. The van der Waals surface area contributed by atoms with E-state index in [4.69, 9.17) is 0 Å². The first-order valence-corrected chi connectivity index (χ1v) is 6.19. The maximum absolute atomic E-state index is 11.9. The van der Waals surface area contributed by atoms with Gasteiger partial charge in [-0.25, -0.2) is 4.98 Å². The molecule has 0 aliphatic rings. The minimum Gasteiger partial charge on any atom is -0.342 e. The fourth-order valence-electron chi connectivity index (χ4n) is 1.58. The minimum absolute atomic E-state index is 0.0588. The fourth-order valence-corrected chi connectivity index (χ4v) is 2.30. The molecular formula is C10H11N5O3S. The number of nitrogens with one attached hydrogen (secondary N) is 1. The van der Waals surface area contributed by atoms with Crippen LogP contribution < -0.4 is 5.32 Å². The van der Waals surface area contributed by atoms with Gasteiger partial charge in [0.25, 0.3) is 5.91 Å². The van der Waals surface area contributed by atoms with E-state index in [-0.39, 0.29) is 17.0 Å². The number of carbonyl (C=O) groups excluding carboxylic acids is 1. The van der Waals surface area contributed by atoms with E-state index in [0.29, 0.717) is 10.7 Å². The molecule has 9 heteroatoms.